The van der Waals surface area contributed by atoms with Crippen LogP contribution in [-0.2, 0) is 16.0 Å². The lowest BCUT2D eigenvalue weighted by Gasteiger charge is -2.32. The number of nitrogens with one attached hydrogen (secondary N) is 1. The van der Waals surface area contributed by atoms with Crippen LogP contribution in [0.5, 0.6) is 5.75 Å². The van der Waals surface area contributed by atoms with Crippen LogP contribution in [0.4, 0.5) is 0 Å². The average Bonchev–Trinajstić information content (AvgIpc) is 2.77. The highest BCUT2D eigenvalue weighted by molar-refractivity contribution is 5.77. The number of para-hydroxylation sites is 1. The molecule has 5 nitrogen and oxygen atoms in total. The monoisotopic (exact) mass is 408 g/mol. The van der Waals surface area contributed by atoms with E-state index in [1.165, 1.54) is 11.1 Å². The lowest BCUT2D eigenvalue weighted by molar-refractivity contribution is -0.132. The second kappa shape index (κ2) is 11.4. The van der Waals surface area contributed by atoms with Gasteiger partial charge in [0.25, 0.3) is 0 Å². The molecule has 0 aromatic heterocycles. The Morgan fingerprint density at radius 1 is 1.00 bits per heavy atom. The Labute approximate surface area is 179 Å². The zero-order chi connectivity index (χ0) is 21.2. The van der Waals surface area contributed by atoms with Crippen molar-refractivity contribution in [1.82, 2.24) is 10.2 Å². The van der Waals surface area contributed by atoms with E-state index in [9.17, 15) is 9.59 Å². The predicted octanol–water partition coefficient (Wildman–Crippen LogP) is 3.89. The van der Waals surface area contributed by atoms with Crippen molar-refractivity contribution in [2.45, 2.75) is 51.5 Å². The summed E-state index contributed by atoms with van der Waals surface area (Å²) in [6, 6.07) is 18.2. The summed E-state index contributed by atoms with van der Waals surface area (Å²) >= 11 is 0. The molecule has 0 aliphatic carbocycles. The largest absolute Gasteiger partial charge is 0.494 e. The van der Waals surface area contributed by atoms with Gasteiger partial charge in [0.1, 0.15) is 5.75 Å². The fourth-order valence-corrected chi connectivity index (χ4v) is 3.68. The minimum atomic E-state index is 0.0656. The van der Waals surface area contributed by atoms with Crippen LogP contribution in [0, 0.1) is 6.92 Å². The van der Waals surface area contributed by atoms with E-state index in [4.69, 9.17) is 4.74 Å². The van der Waals surface area contributed by atoms with Gasteiger partial charge in [-0.25, -0.2) is 0 Å². The first-order valence-electron chi connectivity index (χ1n) is 10.9. The Morgan fingerprint density at radius 3 is 2.40 bits per heavy atom. The van der Waals surface area contributed by atoms with Crippen LogP contribution < -0.4 is 10.1 Å². The zero-order valence-corrected chi connectivity index (χ0v) is 17.8. The molecule has 2 amide bonds. The normalized spacial score (nSPS) is 14.4. The van der Waals surface area contributed by atoms with Crippen LogP contribution in [0.1, 0.15) is 43.2 Å². The van der Waals surface area contributed by atoms with Crippen molar-refractivity contribution < 1.29 is 14.3 Å². The lowest BCUT2D eigenvalue weighted by Crippen LogP contribution is -2.46. The molecule has 1 N–H and O–H groups in total. The molecule has 1 aliphatic rings. The predicted molar refractivity (Wildman–Crippen MR) is 118 cm³/mol. The number of rotatable bonds is 9. The van der Waals surface area contributed by atoms with Gasteiger partial charge in [0, 0.05) is 32.0 Å². The second-order valence-electron chi connectivity index (χ2n) is 7.97. The van der Waals surface area contributed by atoms with Gasteiger partial charge in [-0.15, -0.1) is 0 Å². The Bertz CT molecular complexity index is 797. The van der Waals surface area contributed by atoms with E-state index in [0.29, 0.717) is 25.9 Å². The number of benzene rings is 2. The first-order valence-corrected chi connectivity index (χ1v) is 10.9. The van der Waals surface area contributed by atoms with E-state index in [-0.39, 0.29) is 17.9 Å². The van der Waals surface area contributed by atoms with Gasteiger partial charge in [0.2, 0.25) is 11.8 Å². The summed E-state index contributed by atoms with van der Waals surface area (Å²) in [6.07, 6.45) is 4.12. The fourth-order valence-electron chi connectivity index (χ4n) is 3.68. The quantitative estimate of drug-likeness (QED) is 0.641. The molecule has 1 heterocycles. The highest BCUT2D eigenvalue weighted by atomic mass is 16.5. The Kier molecular flexibility index (Phi) is 8.30. The molecule has 1 saturated heterocycles. The topological polar surface area (TPSA) is 58.6 Å². The van der Waals surface area contributed by atoms with E-state index in [0.717, 1.165) is 38.1 Å². The molecule has 0 atom stereocenters. The minimum Gasteiger partial charge on any atom is -0.494 e. The van der Waals surface area contributed by atoms with Gasteiger partial charge in [-0.2, -0.15) is 0 Å². The molecule has 1 aliphatic heterocycles. The van der Waals surface area contributed by atoms with Crippen LogP contribution in [0.25, 0.3) is 0 Å². The maximum atomic E-state index is 12.5. The molecule has 2 aromatic carbocycles. The van der Waals surface area contributed by atoms with Crippen molar-refractivity contribution in [1.29, 1.82) is 0 Å². The maximum Gasteiger partial charge on any atom is 0.222 e. The number of carbonyl (C=O) groups excluding carboxylic acids is 2. The van der Waals surface area contributed by atoms with Crippen LogP contribution >= 0.6 is 0 Å². The molecular formula is C25H32N2O3. The fraction of sp³-hybridized carbons (Fsp3) is 0.440. The Hall–Kier alpha value is -2.82. The molecule has 3 rings (SSSR count). The van der Waals surface area contributed by atoms with E-state index >= 15 is 0 Å². The van der Waals surface area contributed by atoms with E-state index in [1.54, 1.807) is 0 Å². The highest BCUT2D eigenvalue weighted by Crippen LogP contribution is 2.14. The van der Waals surface area contributed by atoms with Crippen molar-refractivity contribution >= 4 is 11.8 Å². The van der Waals surface area contributed by atoms with E-state index < -0.39 is 0 Å². The summed E-state index contributed by atoms with van der Waals surface area (Å²) in [6.45, 7) is 4.03. The van der Waals surface area contributed by atoms with Crippen molar-refractivity contribution in [2.75, 3.05) is 19.7 Å². The molecule has 30 heavy (non-hydrogen) atoms. The maximum absolute atomic E-state index is 12.5. The summed E-state index contributed by atoms with van der Waals surface area (Å²) in [5.41, 5.74) is 2.44. The van der Waals surface area contributed by atoms with Crippen molar-refractivity contribution in [3.63, 3.8) is 0 Å². The smallest absolute Gasteiger partial charge is 0.222 e. The van der Waals surface area contributed by atoms with Gasteiger partial charge in [0.15, 0.2) is 0 Å². The van der Waals surface area contributed by atoms with Gasteiger partial charge in [0.05, 0.1) is 6.61 Å². The number of aryl methyl sites for hydroxylation is 2. The van der Waals surface area contributed by atoms with Crippen molar-refractivity contribution in [2.24, 2.45) is 0 Å². The number of carbonyl (C=O) groups is 2. The van der Waals surface area contributed by atoms with Gasteiger partial charge in [-0.1, -0.05) is 48.0 Å². The second-order valence-corrected chi connectivity index (χ2v) is 7.97. The van der Waals surface area contributed by atoms with Gasteiger partial charge in [-0.3, -0.25) is 9.59 Å². The Balaban J connectivity index is 1.28. The molecule has 0 spiro atoms. The number of nitrogens with zero attached hydrogens (tertiary/aromatic N) is 1. The number of hydrogen-bond donors (Lipinski definition) is 1. The number of piperidine rings is 1. The molecule has 5 heteroatoms. The average molecular weight is 409 g/mol. The highest BCUT2D eigenvalue weighted by Gasteiger charge is 2.23. The third kappa shape index (κ3) is 7.21. The summed E-state index contributed by atoms with van der Waals surface area (Å²) < 4.78 is 5.62. The summed E-state index contributed by atoms with van der Waals surface area (Å²) in [4.78, 5) is 26.6. The number of ether oxygens (including phenoxy) is 1. The summed E-state index contributed by atoms with van der Waals surface area (Å²) in [5.74, 6) is 1.10. The molecule has 0 saturated carbocycles. The van der Waals surface area contributed by atoms with E-state index in [2.05, 4.69) is 36.5 Å². The lowest BCUT2D eigenvalue weighted by atomic mass is 10.0. The molecule has 0 radical (unpaired) electrons. The first kappa shape index (κ1) is 21.9. The SMILES string of the molecule is Cc1ccc(CCC(=O)N2CCC(NC(=O)CCCOc3ccccc3)CC2)cc1. The summed E-state index contributed by atoms with van der Waals surface area (Å²) in [7, 11) is 0. The third-order valence-corrected chi connectivity index (χ3v) is 5.52. The molecule has 0 unspecified atom stereocenters. The van der Waals surface area contributed by atoms with Crippen molar-refractivity contribution in [3.8, 4) is 5.75 Å². The molecule has 2 aromatic rings. The van der Waals surface area contributed by atoms with Crippen LogP contribution in [-0.4, -0.2) is 42.5 Å². The number of hydrogen-bond acceptors (Lipinski definition) is 3. The van der Waals surface area contributed by atoms with Gasteiger partial charge in [-0.05, 0) is 50.3 Å². The minimum absolute atomic E-state index is 0.0656. The molecule has 1 fully saturated rings. The first-order chi connectivity index (χ1) is 14.6. The van der Waals surface area contributed by atoms with Gasteiger partial charge >= 0.3 is 0 Å². The number of amides is 2. The van der Waals surface area contributed by atoms with Crippen LogP contribution in [0.2, 0.25) is 0 Å². The Morgan fingerprint density at radius 2 is 1.70 bits per heavy atom. The van der Waals surface area contributed by atoms with Crippen molar-refractivity contribution in [3.05, 3.63) is 65.7 Å². The number of likely N-dealkylation sites (tertiary alicyclic amines) is 1. The molecule has 0 bridgehead atoms. The van der Waals surface area contributed by atoms with Crippen LogP contribution in [0.15, 0.2) is 54.6 Å². The third-order valence-electron chi connectivity index (χ3n) is 5.52. The van der Waals surface area contributed by atoms with Gasteiger partial charge < -0.3 is 15.0 Å². The zero-order valence-electron chi connectivity index (χ0n) is 17.8. The summed E-state index contributed by atoms with van der Waals surface area (Å²) in [5, 5.41) is 3.11. The van der Waals surface area contributed by atoms with E-state index in [1.807, 2.05) is 35.2 Å². The van der Waals surface area contributed by atoms with Crippen LogP contribution in [0.3, 0.4) is 0 Å². The standard InChI is InChI=1S/C25H32N2O3/c1-20-9-11-21(12-10-20)13-14-25(29)27-17-15-22(16-18-27)26-24(28)8-5-19-30-23-6-3-2-4-7-23/h2-4,6-7,9-12,22H,5,8,13-19H2,1H3,(H,26,28). The molecule has 160 valence electrons. The molecular weight excluding hydrogens is 376 g/mol.